The van der Waals surface area contributed by atoms with E-state index in [-0.39, 0.29) is 29.6 Å². The molecule has 1 aromatic rings. The topological polar surface area (TPSA) is 70.4 Å². The van der Waals surface area contributed by atoms with Gasteiger partial charge in [-0.1, -0.05) is 0 Å². The molecule has 1 saturated heterocycles. The summed E-state index contributed by atoms with van der Waals surface area (Å²) in [5, 5.41) is 8.60. The van der Waals surface area contributed by atoms with Crippen LogP contribution in [0, 0.1) is 17.1 Å². The number of benzene rings is 1. The molecule has 1 aliphatic rings. The third kappa shape index (κ3) is 3.32. The van der Waals surface area contributed by atoms with Crippen LogP contribution in [0.1, 0.15) is 18.4 Å². The van der Waals surface area contributed by atoms with Crippen molar-refractivity contribution < 1.29 is 18.7 Å². The van der Waals surface area contributed by atoms with Crippen LogP contribution in [0.5, 0.6) is 5.75 Å². The van der Waals surface area contributed by atoms with Gasteiger partial charge in [0.05, 0.1) is 5.56 Å². The molecule has 6 heteroatoms. The van der Waals surface area contributed by atoms with Gasteiger partial charge in [-0.25, -0.2) is 4.39 Å². The molecule has 0 unspecified atom stereocenters. The zero-order chi connectivity index (χ0) is 14.5. The van der Waals surface area contributed by atoms with E-state index >= 15 is 0 Å². The maximum Gasteiger partial charge on any atom is 0.260 e. The van der Waals surface area contributed by atoms with Gasteiger partial charge in [0.15, 0.2) is 6.61 Å². The molecule has 0 radical (unpaired) electrons. The van der Waals surface area contributed by atoms with Gasteiger partial charge in [-0.3, -0.25) is 9.59 Å². The van der Waals surface area contributed by atoms with Gasteiger partial charge in [-0.05, 0) is 12.1 Å². The summed E-state index contributed by atoms with van der Waals surface area (Å²) in [4.78, 5) is 24.5. The Balaban J connectivity index is 1.89. The number of likely N-dealkylation sites (tertiary alicyclic amines) is 1. The number of ether oxygens (including phenoxy) is 1. The van der Waals surface area contributed by atoms with Crippen molar-refractivity contribution in [3.63, 3.8) is 0 Å². The van der Waals surface area contributed by atoms with E-state index in [1.165, 1.54) is 12.1 Å². The Kier molecular flexibility index (Phi) is 4.31. The molecule has 1 heterocycles. The highest BCUT2D eigenvalue weighted by molar-refractivity contribution is 5.83. The molecule has 0 spiro atoms. The number of hydrogen-bond donors (Lipinski definition) is 0. The minimum absolute atomic E-state index is 0.0711. The number of rotatable bonds is 3. The predicted molar refractivity (Wildman–Crippen MR) is 67.4 cm³/mol. The van der Waals surface area contributed by atoms with Crippen LogP contribution < -0.4 is 4.74 Å². The number of ketones is 1. The molecular formula is C14H13FN2O3. The fraction of sp³-hybridized carbons (Fsp3) is 0.357. The third-order valence-corrected chi connectivity index (χ3v) is 3.10. The van der Waals surface area contributed by atoms with Gasteiger partial charge < -0.3 is 9.64 Å². The maximum absolute atomic E-state index is 13.3. The number of amides is 1. The van der Waals surface area contributed by atoms with Crippen molar-refractivity contribution in [2.24, 2.45) is 0 Å². The standard InChI is InChI=1S/C14H13FN2O3/c15-13-7-12(2-1-10(13)8-16)20-9-14(19)17-5-3-11(18)4-6-17/h1-2,7H,3-6,9H2. The van der Waals surface area contributed by atoms with Crippen molar-refractivity contribution >= 4 is 11.7 Å². The van der Waals surface area contributed by atoms with E-state index in [0.717, 1.165) is 6.07 Å². The number of Topliss-reactive ketones (excluding diaryl/α,β-unsaturated/α-hetero) is 1. The van der Waals surface area contributed by atoms with Crippen molar-refractivity contribution in [2.75, 3.05) is 19.7 Å². The summed E-state index contributed by atoms with van der Waals surface area (Å²) in [6, 6.07) is 5.52. The second-order valence-corrected chi connectivity index (χ2v) is 4.46. The average molecular weight is 276 g/mol. The van der Waals surface area contributed by atoms with Crippen LogP contribution in [-0.4, -0.2) is 36.3 Å². The van der Waals surface area contributed by atoms with Crippen molar-refractivity contribution in [3.05, 3.63) is 29.6 Å². The van der Waals surface area contributed by atoms with Gasteiger partial charge in [0.2, 0.25) is 0 Å². The summed E-state index contributed by atoms with van der Waals surface area (Å²) in [7, 11) is 0. The third-order valence-electron chi connectivity index (χ3n) is 3.10. The molecule has 0 aliphatic carbocycles. The molecule has 0 bridgehead atoms. The first-order valence-corrected chi connectivity index (χ1v) is 6.22. The quantitative estimate of drug-likeness (QED) is 0.833. The molecule has 0 saturated carbocycles. The van der Waals surface area contributed by atoms with E-state index in [4.69, 9.17) is 10.00 Å². The summed E-state index contributed by atoms with van der Waals surface area (Å²) in [6.07, 6.45) is 0.745. The van der Waals surface area contributed by atoms with Crippen LogP contribution in [-0.2, 0) is 9.59 Å². The summed E-state index contributed by atoms with van der Waals surface area (Å²) in [5.74, 6) is -0.560. The molecule has 2 rings (SSSR count). The van der Waals surface area contributed by atoms with E-state index < -0.39 is 5.82 Å². The van der Waals surface area contributed by atoms with Gasteiger partial charge in [-0.15, -0.1) is 0 Å². The lowest BCUT2D eigenvalue weighted by atomic mass is 10.1. The number of carbonyl (C=O) groups excluding carboxylic acids is 2. The van der Waals surface area contributed by atoms with Crippen LogP contribution in [0.15, 0.2) is 18.2 Å². The Labute approximate surface area is 115 Å². The van der Waals surface area contributed by atoms with E-state index in [0.29, 0.717) is 25.9 Å². The Morgan fingerprint density at radius 1 is 1.40 bits per heavy atom. The summed E-state index contributed by atoms with van der Waals surface area (Å²) < 4.78 is 18.5. The predicted octanol–water partition coefficient (Wildman–Crippen LogP) is 1.27. The Morgan fingerprint density at radius 2 is 2.10 bits per heavy atom. The highest BCUT2D eigenvalue weighted by atomic mass is 19.1. The maximum atomic E-state index is 13.3. The SMILES string of the molecule is N#Cc1ccc(OCC(=O)N2CCC(=O)CC2)cc1F. The molecule has 0 atom stereocenters. The summed E-state index contributed by atoms with van der Waals surface area (Å²) in [5.41, 5.74) is -0.0711. The zero-order valence-electron chi connectivity index (χ0n) is 10.8. The lowest BCUT2D eigenvalue weighted by Crippen LogP contribution is -2.41. The Hall–Kier alpha value is -2.42. The first-order chi connectivity index (χ1) is 9.60. The molecule has 104 valence electrons. The van der Waals surface area contributed by atoms with Gasteiger partial charge in [0.25, 0.3) is 5.91 Å². The number of piperidine rings is 1. The molecule has 5 nitrogen and oxygen atoms in total. The Bertz CT molecular complexity index is 570. The van der Waals surface area contributed by atoms with Gasteiger partial charge in [0.1, 0.15) is 23.4 Å². The fourth-order valence-electron chi connectivity index (χ4n) is 1.92. The first kappa shape index (κ1) is 14.0. The van der Waals surface area contributed by atoms with Gasteiger partial charge in [0, 0.05) is 32.0 Å². The van der Waals surface area contributed by atoms with Crippen LogP contribution in [0.4, 0.5) is 4.39 Å². The molecule has 20 heavy (non-hydrogen) atoms. The minimum Gasteiger partial charge on any atom is -0.484 e. The highest BCUT2D eigenvalue weighted by Crippen LogP contribution is 2.16. The molecule has 1 aromatic carbocycles. The number of nitriles is 1. The lowest BCUT2D eigenvalue weighted by Gasteiger charge is -2.25. The smallest absolute Gasteiger partial charge is 0.260 e. The number of halogens is 1. The largest absolute Gasteiger partial charge is 0.484 e. The second kappa shape index (κ2) is 6.15. The van der Waals surface area contributed by atoms with Crippen molar-refractivity contribution in [1.29, 1.82) is 5.26 Å². The van der Waals surface area contributed by atoms with Crippen molar-refractivity contribution in [3.8, 4) is 11.8 Å². The van der Waals surface area contributed by atoms with Crippen molar-refractivity contribution in [2.45, 2.75) is 12.8 Å². The minimum atomic E-state index is -0.680. The summed E-state index contributed by atoms with van der Waals surface area (Å²) >= 11 is 0. The van der Waals surface area contributed by atoms with E-state index in [2.05, 4.69) is 0 Å². The fourth-order valence-corrected chi connectivity index (χ4v) is 1.92. The van der Waals surface area contributed by atoms with E-state index in [1.807, 2.05) is 0 Å². The van der Waals surface area contributed by atoms with Crippen LogP contribution in [0.3, 0.4) is 0 Å². The van der Waals surface area contributed by atoms with Gasteiger partial charge in [-0.2, -0.15) is 5.26 Å². The van der Waals surface area contributed by atoms with Gasteiger partial charge >= 0.3 is 0 Å². The second-order valence-electron chi connectivity index (χ2n) is 4.46. The monoisotopic (exact) mass is 276 g/mol. The molecule has 0 N–H and O–H groups in total. The Morgan fingerprint density at radius 3 is 2.70 bits per heavy atom. The van der Waals surface area contributed by atoms with Crippen LogP contribution >= 0.6 is 0 Å². The normalized spacial score (nSPS) is 14.8. The van der Waals surface area contributed by atoms with E-state index in [9.17, 15) is 14.0 Å². The van der Waals surface area contributed by atoms with Crippen molar-refractivity contribution in [1.82, 2.24) is 4.90 Å². The van der Waals surface area contributed by atoms with Crippen LogP contribution in [0.25, 0.3) is 0 Å². The number of nitrogens with zero attached hydrogens (tertiary/aromatic N) is 2. The molecule has 0 aromatic heterocycles. The van der Waals surface area contributed by atoms with E-state index in [1.54, 1.807) is 11.0 Å². The molecular weight excluding hydrogens is 263 g/mol. The first-order valence-electron chi connectivity index (χ1n) is 6.22. The average Bonchev–Trinajstić information content (AvgIpc) is 2.45. The number of carbonyl (C=O) groups is 2. The highest BCUT2D eigenvalue weighted by Gasteiger charge is 2.20. The molecule has 1 aliphatic heterocycles. The molecule has 1 fully saturated rings. The molecule has 1 amide bonds. The zero-order valence-corrected chi connectivity index (χ0v) is 10.8. The van der Waals surface area contributed by atoms with Crippen LogP contribution in [0.2, 0.25) is 0 Å². The number of hydrogen-bond acceptors (Lipinski definition) is 4. The summed E-state index contributed by atoms with van der Waals surface area (Å²) in [6.45, 7) is 0.602. The lowest BCUT2D eigenvalue weighted by molar-refractivity contribution is -0.136.